The monoisotopic (exact) mass is 390 g/mol. The Morgan fingerprint density at radius 2 is 1.83 bits per heavy atom. The Balaban J connectivity index is 1.78. The summed E-state index contributed by atoms with van der Waals surface area (Å²) in [7, 11) is 0. The van der Waals surface area contributed by atoms with Crippen LogP contribution in [0.15, 0.2) is 59.3 Å². The summed E-state index contributed by atoms with van der Waals surface area (Å²) in [6.07, 6.45) is 5.86. The number of azo groups is 1. The Bertz CT molecular complexity index is 1200. The van der Waals surface area contributed by atoms with Crippen LogP contribution in [0.2, 0.25) is 0 Å². The van der Waals surface area contributed by atoms with Crippen LogP contribution in [0.3, 0.4) is 0 Å². The Morgan fingerprint density at radius 1 is 1.07 bits per heavy atom. The minimum absolute atomic E-state index is 0.00119. The van der Waals surface area contributed by atoms with Crippen molar-refractivity contribution in [2.24, 2.45) is 10.2 Å². The third-order valence-electron chi connectivity index (χ3n) is 3.89. The summed E-state index contributed by atoms with van der Waals surface area (Å²) >= 11 is 0. The number of nitrogens with zero attached hydrogens (tertiary/aromatic N) is 9. The molecule has 12 heteroatoms. The number of nitrogen functional groups attached to an aromatic ring is 1. The van der Waals surface area contributed by atoms with Gasteiger partial charge in [-0.15, -0.1) is 10.2 Å². The molecule has 4 aromatic rings. The molecule has 4 aromatic heterocycles. The second kappa shape index (κ2) is 7.26. The first-order valence-electron chi connectivity index (χ1n) is 8.33. The molecular formula is C17H14N10O2. The van der Waals surface area contributed by atoms with E-state index in [0.717, 1.165) is 0 Å². The first-order chi connectivity index (χ1) is 14.1. The number of hydrogen-bond donors (Lipinski definition) is 2. The van der Waals surface area contributed by atoms with Crippen molar-refractivity contribution in [3.63, 3.8) is 0 Å². The number of carboxylic acids is 1. The number of hydrogen-bond acceptors (Lipinski definition) is 9. The van der Waals surface area contributed by atoms with Gasteiger partial charge in [0.1, 0.15) is 5.56 Å². The van der Waals surface area contributed by atoms with Gasteiger partial charge in [0.25, 0.3) is 5.95 Å². The van der Waals surface area contributed by atoms with Gasteiger partial charge < -0.3 is 10.8 Å². The van der Waals surface area contributed by atoms with Gasteiger partial charge in [-0.05, 0) is 25.1 Å². The average molecular weight is 390 g/mol. The van der Waals surface area contributed by atoms with E-state index in [4.69, 9.17) is 5.73 Å². The van der Waals surface area contributed by atoms with E-state index >= 15 is 0 Å². The molecule has 0 aliphatic heterocycles. The molecule has 0 fully saturated rings. The number of nitrogens with two attached hydrogens (primary N) is 1. The molecule has 0 unspecified atom stereocenters. The van der Waals surface area contributed by atoms with Crippen molar-refractivity contribution in [3.8, 4) is 11.8 Å². The lowest BCUT2D eigenvalue weighted by molar-refractivity contribution is 0.0697. The van der Waals surface area contributed by atoms with Gasteiger partial charge in [0.15, 0.2) is 23.1 Å². The third-order valence-corrected chi connectivity index (χ3v) is 3.89. The summed E-state index contributed by atoms with van der Waals surface area (Å²) in [5, 5.41) is 26.0. The highest BCUT2D eigenvalue weighted by Gasteiger charge is 2.20. The summed E-state index contributed by atoms with van der Waals surface area (Å²) in [6.45, 7) is 1.69. The lowest BCUT2D eigenvalue weighted by Gasteiger charge is -2.02. The zero-order chi connectivity index (χ0) is 20.4. The van der Waals surface area contributed by atoms with Crippen LogP contribution in [0.1, 0.15) is 16.1 Å². The van der Waals surface area contributed by atoms with E-state index in [-0.39, 0.29) is 28.8 Å². The number of anilines is 1. The molecule has 0 aromatic carbocycles. The van der Waals surface area contributed by atoms with Crippen LogP contribution >= 0.6 is 0 Å². The predicted molar refractivity (Wildman–Crippen MR) is 101 cm³/mol. The molecule has 29 heavy (non-hydrogen) atoms. The standard InChI is InChI=1S/C17H14N10O2/c1-10-13(14(18)27(25-10)17-20-7-4-8-21-17)23-24-15-11(16(28)29)9-22-26(15)12-5-2-3-6-19-12/h2-9H,18H2,1H3,(H,28,29)/b24-23+. The Kier molecular flexibility index (Phi) is 4.49. The molecule has 144 valence electrons. The third kappa shape index (κ3) is 3.29. The highest BCUT2D eigenvalue weighted by Crippen LogP contribution is 2.31. The van der Waals surface area contributed by atoms with E-state index in [9.17, 15) is 9.90 Å². The number of carboxylic acid groups (broad SMARTS) is 1. The Labute approximate surface area is 163 Å². The van der Waals surface area contributed by atoms with Crippen molar-refractivity contribution in [2.75, 3.05) is 5.73 Å². The van der Waals surface area contributed by atoms with Gasteiger partial charge in [-0.2, -0.15) is 19.6 Å². The average Bonchev–Trinajstić information content (AvgIpc) is 3.29. The van der Waals surface area contributed by atoms with Crippen molar-refractivity contribution in [1.29, 1.82) is 0 Å². The van der Waals surface area contributed by atoms with E-state index in [1.807, 2.05) is 0 Å². The fourth-order valence-corrected chi connectivity index (χ4v) is 2.55. The molecule has 12 nitrogen and oxygen atoms in total. The maximum Gasteiger partial charge on any atom is 0.341 e. The van der Waals surface area contributed by atoms with Crippen LogP contribution in [-0.4, -0.2) is 45.6 Å². The fourth-order valence-electron chi connectivity index (χ4n) is 2.55. The molecule has 0 saturated carbocycles. The molecule has 0 amide bonds. The van der Waals surface area contributed by atoms with Gasteiger partial charge in [0, 0.05) is 18.6 Å². The SMILES string of the molecule is Cc1nn(-c2ncccn2)c(N)c1/N=N/c1c(C(=O)O)cnn1-c1ccccn1. The largest absolute Gasteiger partial charge is 0.477 e. The van der Waals surface area contributed by atoms with Gasteiger partial charge in [-0.3, -0.25) is 0 Å². The zero-order valence-corrected chi connectivity index (χ0v) is 15.1. The van der Waals surface area contributed by atoms with E-state index in [0.29, 0.717) is 11.5 Å². The molecule has 0 spiro atoms. The van der Waals surface area contributed by atoms with E-state index < -0.39 is 5.97 Å². The van der Waals surface area contributed by atoms with Gasteiger partial charge in [0.2, 0.25) is 0 Å². The van der Waals surface area contributed by atoms with Crippen molar-refractivity contribution >= 4 is 23.3 Å². The number of carbonyl (C=O) groups is 1. The topological polar surface area (TPSA) is 162 Å². The summed E-state index contributed by atoms with van der Waals surface area (Å²) in [6, 6.07) is 6.82. The Morgan fingerprint density at radius 3 is 2.52 bits per heavy atom. The molecule has 0 aliphatic rings. The number of aryl methyl sites for hydroxylation is 1. The normalized spacial score (nSPS) is 11.2. The van der Waals surface area contributed by atoms with Crippen LogP contribution in [0.5, 0.6) is 0 Å². The fraction of sp³-hybridized carbons (Fsp3) is 0.0588. The number of pyridine rings is 1. The minimum Gasteiger partial charge on any atom is -0.477 e. The van der Waals surface area contributed by atoms with Crippen molar-refractivity contribution < 1.29 is 9.90 Å². The molecule has 0 radical (unpaired) electrons. The van der Waals surface area contributed by atoms with Crippen molar-refractivity contribution in [3.05, 3.63) is 60.3 Å². The highest BCUT2D eigenvalue weighted by atomic mass is 16.4. The number of rotatable bonds is 5. The summed E-state index contributed by atoms with van der Waals surface area (Å²) < 4.78 is 2.61. The molecule has 0 saturated heterocycles. The minimum atomic E-state index is -1.20. The first kappa shape index (κ1) is 17.9. The van der Waals surface area contributed by atoms with E-state index in [2.05, 4.69) is 35.4 Å². The van der Waals surface area contributed by atoms with E-state index in [1.54, 1.807) is 49.8 Å². The smallest absolute Gasteiger partial charge is 0.341 e. The molecule has 0 atom stereocenters. The summed E-state index contributed by atoms with van der Waals surface area (Å²) in [5.74, 6) is -0.359. The zero-order valence-electron chi connectivity index (χ0n) is 15.1. The molecule has 3 N–H and O–H groups in total. The molecule has 4 rings (SSSR count). The first-order valence-corrected chi connectivity index (χ1v) is 8.33. The molecule has 4 heterocycles. The predicted octanol–water partition coefficient (Wildman–Crippen LogP) is 2.25. The van der Waals surface area contributed by atoms with Gasteiger partial charge in [0.05, 0.1) is 11.9 Å². The van der Waals surface area contributed by atoms with Crippen LogP contribution in [-0.2, 0) is 0 Å². The lowest BCUT2D eigenvalue weighted by atomic mass is 10.3. The van der Waals surface area contributed by atoms with E-state index in [1.165, 1.54) is 15.6 Å². The van der Waals surface area contributed by atoms with Crippen LogP contribution in [0, 0.1) is 6.92 Å². The molecule has 0 bridgehead atoms. The maximum absolute atomic E-state index is 11.6. The Hall–Kier alpha value is -4.48. The highest BCUT2D eigenvalue weighted by molar-refractivity contribution is 5.92. The lowest BCUT2D eigenvalue weighted by Crippen LogP contribution is -2.05. The second-order valence-corrected chi connectivity index (χ2v) is 5.77. The molecular weight excluding hydrogens is 376 g/mol. The van der Waals surface area contributed by atoms with Gasteiger partial charge in [-0.1, -0.05) is 6.07 Å². The second-order valence-electron chi connectivity index (χ2n) is 5.77. The number of aromatic nitrogens is 7. The maximum atomic E-state index is 11.6. The van der Waals surface area contributed by atoms with Gasteiger partial charge >= 0.3 is 5.97 Å². The molecule has 0 aliphatic carbocycles. The summed E-state index contributed by atoms with van der Waals surface area (Å²) in [4.78, 5) is 23.9. The van der Waals surface area contributed by atoms with Crippen molar-refractivity contribution in [1.82, 2.24) is 34.5 Å². The van der Waals surface area contributed by atoms with Crippen LogP contribution in [0.4, 0.5) is 17.3 Å². The van der Waals surface area contributed by atoms with Gasteiger partial charge in [-0.25, -0.2) is 19.7 Å². The van der Waals surface area contributed by atoms with Crippen molar-refractivity contribution in [2.45, 2.75) is 6.92 Å². The van der Waals surface area contributed by atoms with Crippen LogP contribution in [0.25, 0.3) is 11.8 Å². The van der Waals surface area contributed by atoms with Crippen LogP contribution < -0.4 is 5.73 Å². The number of aromatic carboxylic acids is 1. The summed E-state index contributed by atoms with van der Waals surface area (Å²) in [5.41, 5.74) is 6.75. The quantitative estimate of drug-likeness (QED) is 0.490.